The van der Waals surface area contributed by atoms with E-state index < -0.39 is 0 Å². The van der Waals surface area contributed by atoms with Crippen LogP contribution in [0.5, 0.6) is 0 Å². The number of carbonyl (C=O) groups is 1. The first kappa shape index (κ1) is 12.5. The van der Waals surface area contributed by atoms with E-state index >= 15 is 0 Å². The number of carbonyl (C=O) groups excluding carboxylic acids is 1. The molecule has 0 aliphatic heterocycles. The van der Waals surface area contributed by atoms with Gasteiger partial charge in [0, 0.05) is 6.54 Å². The smallest absolute Gasteiger partial charge is 0.315 e. The van der Waals surface area contributed by atoms with Crippen molar-refractivity contribution in [3.8, 4) is 0 Å². The first-order valence-corrected chi connectivity index (χ1v) is 5.35. The number of benzene rings is 1. The maximum absolute atomic E-state index is 13.3. The summed E-state index contributed by atoms with van der Waals surface area (Å²) in [7, 11) is 0. The summed E-state index contributed by atoms with van der Waals surface area (Å²) in [5, 5.41) is 5.36. The molecule has 4 heteroatoms. The van der Waals surface area contributed by atoms with Crippen molar-refractivity contribution in [1.29, 1.82) is 0 Å². The Kier molecular flexibility index (Phi) is 4.28. The zero-order valence-electron chi connectivity index (χ0n) is 9.80. The van der Waals surface area contributed by atoms with E-state index in [2.05, 4.69) is 10.6 Å². The molecule has 1 atom stereocenters. The minimum Gasteiger partial charge on any atom is -0.338 e. The highest BCUT2D eigenvalue weighted by Gasteiger charge is 2.09. The first-order chi connectivity index (χ1) is 7.54. The minimum atomic E-state index is -0.248. The van der Waals surface area contributed by atoms with Crippen LogP contribution in [0.15, 0.2) is 18.2 Å². The fourth-order valence-corrected chi connectivity index (χ4v) is 1.37. The third kappa shape index (κ3) is 3.22. The zero-order valence-corrected chi connectivity index (χ0v) is 9.80. The number of amides is 2. The van der Waals surface area contributed by atoms with Gasteiger partial charge >= 0.3 is 6.03 Å². The number of halogens is 1. The van der Waals surface area contributed by atoms with Crippen LogP contribution < -0.4 is 10.6 Å². The summed E-state index contributed by atoms with van der Waals surface area (Å²) in [6.07, 6.45) is 0. The number of urea groups is 1. The Morgan fingerprint density at radius 1 is 1.50 bits per heavy atom. The molecule has 0 aromatic heterocycles. The average Bonchev–Trinajstić information content (AvgIpc) is 2.22. The van der Waals surface area contributed by atoms with Gasteiger partial charge in [-0.3, -0.25) is 0 Å². The topological polar surface area (TPSA) is 41.1 Å². The highest BCUT2D eigenvalue weighted by atomic mass is 19.1. The summed E-state index contributed by atoms with van der Waals surface area (Å²) in [6, 6.07) is 4.53. The predicted octanol–water partition coefficient (Wildman–Crippen LogP) is 2.51. The van der Waals surface area contributed by atoms with E-state index in [0.717, 1.165) is 5.56 Å². The van der Waals surface area contributed by atoms with Gasteiger partial charge in [0.25, 0.3) is 0 Å². The molecule has 88 valence electrons. The molecular formula is C12H17FN2O. The van der Waals surface area contributed by atoms with Crippen molar-refractivity contribution in [2.45, 2.75) is 26.8 Å². The maximum Gasteiger partial charge on any atom is 0.315 e. The summed E-state index contributed by atoms with van der Waals surface area (Å²) in [6.45, 7) is 5.94. The van der Waals surface area contributed by atoms with Gasteiger partial charge in [-0.05, 0) is 38.0 Å². The standard InChI is InChI=1S/C12H17FN2O/c1-4-14-12(16)15-9(3)10-6-5-8(2)11(13)7-10/h5-7,9H,4H2,1-3H3,(H2,14,15,16). The molecule has 1 unspecified atom stereocenters. The van der Waals surface area contributed by atoms with E-state index in [-0.39, 0.29) is 17.9 Å². The van der Waals surface area contributed by atoms with Gasteiger partial charge in [-0.2, -0.15) is 0 Å². The molecule has 2 N–H and O–H groups in total. The van der Waals surface area contributed by atoms with E-state index in [4.69, 9.17) is 0 Å². The van der Waals surface area contributed by atoms with E-state index in [1.54, 1.807) is 13.0 Å². The molecule has 0 saturated heterocycles. The molecule has 0 saturated carbocycles. The lowest BCUT2D eigenvalue weighted by atomic mass is 10.1. The van der Waals surface area contributed by atoms with Gasteiger partial charge in [0.05, 0.1) is 6.04 Å². The quantitative estimate of drug-likeness (QED) is 0.813. The monoisotopic (exact) mass is 224 g/mol. The molecule has 3 nitrogen and oxygen atoms in total. The van der Waals surface area contributed by atoms with Crippen LogP contribution in [-0.4, -0.2) is 12.6 Å². The number of aryl methyl sites for hydroxylation is 1. The maximum atomic E-state index is 13.3. The Balaban J connectivity index is 2.69. The molecule has 0 aliphatic rings. The Morgan fingerprint density at radius 3 is 2.75 bits per heavy atom. The highest BCUT2D eigenvalue weighted by molar-refractivity contribution is 5.74. The van der Waals surface area contributed by atoms with Crippen molar-refractivity contribution in [2.75, 3.05) is 6.54 Å². The van der Waals surface area contributed by atoms with Crippen LogP contribution in [0.1, 0.15) is 31.0 Å². The molecule has 1 rings (SSSR count). The Bertz CT molecular complexity index is 379. The van der Waals surface area contributed by atoms with Crippen LogP contribution >= 0.6 is 0 Å². The van der Waals surface area contributed by atoms with Gasteiger partial charge in [0.15, 0.2) is 0 Å². The Hall–Kier alpha value is -1.58. The summed E-state index contributed by atoms with van der Waals surface area (Å²) in [5.74, 6) is -0.248. The van der Waals surface area contributed by atoms with Crippen molar-refractivity contribution in [2.24, 2.45) is 0 Å². The van der Waals surface area contributed by atoms with Gasteiger partial charge in [-0.15, -0.1) is 0 Å². The molecule has 0 spiro atoms. The van der Waals surface area contributed by atoms with Crippen molar-refractivity contribution in [1.82, 2.24) is 10.6 Å². The van der Waals surface area contributed by atoms with E-state index in [1.807, 2.05) is 19.9 Å². The van der Waals surface area contributed by atoms with Gasteiger partial charge in [0.2, 0.25) is 0 Å². The average molecular weight is 224 g/mol. The van der Waals surface area contributed by atoms with E-state index in [0.29, 0.717) is 12.1 Å². The third-order valence-electron chi connectivity index (χ3n) is 2.38. The summed E-state index contributed by atoms with van der Waals surface area (Å²) in [5.41, 5.74) is 1.36. The lowest BCUT2D eigenvalue weighted by Crippen LogP contribution is -2.36. The number of nitrogens with one attached hydrogen (secondary N) is 2. The van der Waals surface area contributed by atoms with Crippen LogP contribution in [0.4, 0.5) is 9.18 Å². The molecule has 16 heavy (non-hydrogen) atoms. The minimum absolute atomic E-state index is 0.207. The van der Waals surface area contributed by atoms with Crippen molar-refractivity contribution >= 4 is 6.03 Å². The Morgan fingerprint density at radius 2 is 2.19 bits per heavy atom. The summed E-state index contributed by atoms with van der Waals surface area (Å²) >= 11 is 0. The van der Waals surface area contributed by atoms with Crippen LogP contribution in [0.2, 0.25) is 0 Å². The van der Waals surface area contributed by atoms with E-state index in [9.17, 15) is 9.18 Å². The van der Waals surface area contributed by atoms with Crippen molar-refractivity contribution in [3.05, 3.63) is 35.1 Å². The second kappa shape index (κ2) is 5.49. The Labute approximate surface area is 95.0 Å². The second-order valence-corrected chi connectivity index (χ2v) is 3.73. The second-order valence-electron chi connectivity index (χ2n) is 3.73. The third-order valence-corrected chi connectivity index (χ3v) is 2.38. The summed E-state index contributed by atoms with van der Waals surface area (Å²) < 4.78 is 13.3. The predicted molar refractivity (Wildman–Crippen MR) is 61.8 cm³/mol. The number of hydrogen-bond acceptors (Lipinski definition) is 1. The van der Waals surface area contributed by atoms with Crippen molar-refractivity contribution < 1.29 is 9.18 Å². The largest absolute Gasteiger partial charge is 0.338 e. The molecular weight excluding hydrogens is 207 g/mol. The van der Waals surface area contributed by atoms with E-state index in [1.165, 1.54) is 6.07 Å². The molecule has 1 aromatic carbocycles. The van der Waals surface area contributed by atoms with Crippen LogP contribution in [-0.2, 0) is 0 Å². The van der Waals surface area contributed by atoms with Gasteiger partial charge < -0.3 is 10.6 Å². The molecule has 0 heterocycles. The molecule has 0 bridgehead atoms. The number of hydrogen-bond donors (Lipinski definition) is 2. The van der Waals surface area contributed by atoms with Gasteiger partial charge in [0.1, 0.15) is 5.82 Å². The van der Waals surface area contributed by atoms with Gasteiger partial charge in [-0.1, -0.05) is 12.1 Å². The number of rotatable bonds is 3. The van der Waals surface area contributed by atoms with Crippen molar-refractivity contribution in [3.63, 3.8) is 0 Å². The van der Waals surface area contributed by atoms with Gasteiger partial charge in [-0.25, -0.2) is 9.18 Å². The SMILES string of the molecule is CCNC(=O)NC(C)c1ccc(C)c(F)c1. The highest BCUT2D eigenvalue weighted by Crippen LogP contribution is 2.15. The first-order valence-electron chi connectivity index (χ1n) is 5.35. The fraction of sp³-hybridized carbons (Fsp3) is 0.417. The molecule has 0 fully saturated rings. The normalized spacial score (nSPS) is 12.0. The molecule has 1 aromatic rings. The molecule has 0 aliphatic carbocycles. The van der Waals surface area contributed by atoms with Crippen LogP contribution in [0, 0.1) is 12.7 Å². The lowest BCUT2D eigenvalue weighted by Gasteiger charge is -2.15. The summed E-state index contributed by atoms with van der Waals surface area (Å²) in [4.78, 5) is 11.3. The lowest BCUT2D eigenvalue weighted by molar-refractivity contribution is 0.238. The van der Waals surface area contributed by atoms with Crippen LogP contribution in [0.25, 0.3) is 0 Å². The zero-order chi connectivity index (χ0) is 12.1. The molecule has 0 radical (unpaired) electrons. The van der Waals surface area contributed by atoms with Crippen LogP contribution in [0.3, 0.4) is 0 Å². The fourth-order valence-electron chi connectivity index (χ4n) is 1.37. The molecule has 2 amide bonds.